The van der Waals surface area contributed by atoms with E-state index in [9.17, 15) is 13.2 Å². The first kappa shape index (κ1) is 19.8. The Morgan fingerprint density at radius 2 is 1.96 bits per heavy atom. The number of benzene rings is 2. The number of nitrogens with one attached hydrogen (secondary N) is 2. The summed E-state index contributed by atoms with van der Waals surface area (Å²) in [5.41, 5.74) is 2.01. The molecular formula is C19H19ClF3N3S. The Hall–Kier alpha value is -1.99. The lowest BCUT2D eigenvalue weighted by atomic mass is 10.2. The predicted molar refractivity (Wildman–Crippen MR) is 108 cm³/mol. The van der Waals surface area contributed by atoms with E-state index in [1.54, 1.807) is 0 Å². The van der Waals surface area contributed by atoms with Gasteiger partial charge >= 0.3 is 6.18 Å². The zero-order valence-corrected chi connectivity index (χ0v) is 16.0. The lowest BCUT2D eigenvalue weighted by molar-refractivity contribution is -0.137. The number of fused-ring (bicyclic) bond motifs is 1. The van der Waals surface area contributed by atoms with Crippen LogP contribution >= 0.6 is 23.8 Å². The fraction of sp³-hybridized carbons (Fsp3) is 0.316. The van der Waals surface area contributed by atoms with Crippen LogP contribution in [0.25, 0.3) is 0 Å². The molecule has 2 aromatic carbocycles. The molecule has 1 aliphatic rings. The van der Waals surface area contributed by atoms with Crippen molar-refractivity contribution in [2.75, 3.05) is 29.9 Å². The van der Waals surface area contributed by atoms with E-state index in [1.807, 2.05) is 6.07 Å². The van der Waals surface area contributed by atoms with Gasteiger partial charge in [-0.25, -0.2) is 0 Å². The van der Waals surface area contributed by atoms with Crippen LogP contribution < -0.4 is 15.5 Å². The number of para-hydroxylation sites is 1. The van der Waals surface area contributed by atoms with E-state index in [0.717, 1.165) is 32.0 Å². The quantitative estimate of drug-likeness (QED) is 0.527. The van der Waals surface area contributed by atoms with Crippen molar-refractivity contribution in [3.63, 3.8) is 0 Å². The molecule has 0 bridgehead atoms. The number of nitrogens with zero attached hydrogens (tertiary/aromatic N) is 1. The van der Waals surface area contributed by atoms with E-state index < -0.39 is 11.7 Å². The van der Waals surface area contributed by atoms with Crippen LogP contribution in [0.4, 0.5) is 24.5 Å². The van der Waals surface area contributed by atoms with E-state index in [4.69, 9.17) is 23.8 Å². The van der Waals surface area contributed by atoms with Crippen molar-refractivity contribution in [1.82, 2.24) is 5.32 Å². The summed E-state index contributed by atoms with van der Waals surface area (Å²) in [7, 11) is 0. The number of alkyl halides is 3. The van der Waals surface area contributed by atoms with Crippen molar-refractivity contribution >= 4 is 40.3 Å². The highest BCUT2D eigenvalue weighted by Crippen LogP contribution is 2.36. The van der Waals surface area contributed by atoms with Crippen LogP contribution in [-0.4, -0.2) is 24.7 Å². The van der Waals surface area contributed by atoms with Crippen molar-refractivity contribution in [2.45, 2.75) is 19.0 Å². The summed E-state index contributed by atoms with van der Waals surface area (Å²) in [6.45, 7) is 2.53. The van der Waals surface area contributed by atoms with Gasteiger partial charge in [-0.15, -0.1) is 0 Å². The van der Waals surface area contributed by atoms with Crippen LogP contribution in [0.15, 0.2) is 42.5 Å². The Balaban J connectivity index is 1.46. The van der Waals surface area contributed by atoms with Gasteiger partial charge in [0.2, 0.25) is 0 Å². The minimum atomic E-state index is -4.50. The van der Waals surface area contributed by atoms with Gasteiger partial charge in [0.15, 0.2) is 5.11 Å². The molecule has 144 valence electrons. The highest BCUT2D eigenvalue weighted by Gasteiger charge is 2.33. The number of hydrogen-bond acceptors (Lipinski definition) is 2. The van der Waals surface area contributed by atoms with Gasteiger partial charge in [-0.1, -0.05) is 29.8 Å². The van der Waals surface area contributed by atoms with E-state index in [0.29, 0.717) is 6.54 Å². The third kappa shape index (κ3) is 5.05. The third-order valence-electron chi connectivity index (χ3n) is 4.40. The van der Waals surface area contributed by atoms with E-state index >= 15 is 0 Å². The van der Waals surface area contributed by atoms with Gasteiger partial charge in [-0.3, -0.25) is 0 Å². The second-order valence-corrected chi connectivity index (χ2v) is 7.11. The maximum absolute atomic E-state index is 12.9. The first-order valence-electron chi connectivity index (χ1n) is 8.59. The molecule has 0 aromatic heterocycles. The second kappa shape index (κ2) is 8.35. The number of thiocarbonyl (C=S) groups is 1. The fourth-order valence-electron chi connectivity index (χ4n) is 3.11. The molecule has 0 saturated heterocycles. The molecule has 8 heteroatoms. The molecule has 27 heavy (non-hydrogen) atoms. The van der Waals surface area contributed by atoms with Crippen molar-refractivity contribution < 1.29 is 13.2 Å². The lowest BCUT2D eigenvalue weighted by Gasteiger charge is -2.19. The highest BCUT2D eigenvalue weighted by atomic mass is 35.5. The minimum absolute atomic E-state index is 0.248. The van der Waals surface area contributed by atoms with Crippen LogP contribution in [0.1, 0.15) is 17.5 Å². The van der Waals surface area contributed by atoms with Gasteiger partial charge in [0.25, 0.3) is 0 Å². The topological polar surface area (TPSA) is 27.3 Å². The van der Waals surface area contributed by atoms with Gasteiger partial charge in [0.05, 0.1) is 10.6 Å². The SMILES string of the molecule is FC(F)(F)c1cc(NC(=S)NCCCN2CCc3ccccc32)ccc1Cl. The molecule has 2 aromatic rings. The summed E-state index contributed by atoms with van der Waals surface area (Å²) in [6.07, 6.45) is -2.58. The van der Waals surface area contributed by atoms with Crippen LogP contribution in [0.2, 0.25) is 5.02 Å². The molecule has 0 amide bonds. The average Bonchev–Trinajstić information content (AvgIpc) is 3.03. The van der Waals surface area contributed by atoms with Crippen molar-refractivity contribution in [2.24, 2.45) is 0 Å². The summed E-state index contributed by atoms with van der Waals surface area (Å²) in [6, 6.07) is 12.0. The summed E-state index contributed by atoms with van der Waals surface area (Å²) < 4.78 is 38.7. The van der Waals surface area contributed by atoms with Gasteiger partial charge in [-0.2, -0.15) is 13.2 Å². The monoisotopic (exact) mass is 413 g/mol. The molecule has 0 spiro atoms. The zero-order chi connectivity index (χ0) is 19.4. The molecule has 0 atom stereocenters. The Bertz CT molecular complexity index is 826. The summed E-state index contributed by atoms with van der Waals surface area (Å²) in [4.78, 5) is 2.34. The third-order valence-corrected chi connectivity index (χ3v) is 4.98. The maximum Gasteiger partial charge on any atom is 0.417 e. The van der Waals surface area contributed by atoms with Gasteiger partial charge in [0, 0.05) is 31.0 Å². The number of halogens is 4. The van der Waals surface area contributed by atoms with Crippen molar-refractivity contribution in [1.29, 1.82) is 0 Å². The molecule has 3 nitrogen and oxygen atoms in total. The number of hydrogen-bond donors (Lipinski definition) is 2. The largest absolute Gasteiger partial charge is 0.417 e. The molecule has 3 rings (SSSR count). The molecule has 0 aliphatic carbocycles. The fourth-order valence-corrected chi connectivity index (χ4v) is 3.55. The molecule has 2 N–H and O–H groups in total. The smallest absolute Gasteiger partial charge is 0.371 e. The van der Waals surface area contributed by atoms with Crippen LogP contribution in [0, 0.1) is 0 Å². The van der Waals surface area contributed by atoms with Gasteiger partial charge in [0.1, 0.15) is 0 Å². The van der Waals surface area contributed by atoms with Crippen LogP contribution in [0.5, 0.6) is 0 Å². The van der Waals surface area contributed by atoms with Crippen molar-refractivity contribution in [3.05, 3.63) is 58.6 Å². The standard InChI is InChI=1S/C19H19ClF3N3S/c20-16-7-6-14(12-15(16)19(21,22)23)25-18(27)24-9-3-10-26-11-8-13-4-1-2-5-17(13)26/h1-2,4-7,12H,3,8-11H2,(H2,24,25,27). The molecule has 0 radical (unpaired) electrons. The van der Waals surface area contributed by atoms with Gasteiger partial charge in [-0.05, 0) is 54.9 Å². The van der Waals surface area contributed by atoms with E-state index in [1.165, 1.54) is 23.4 Å². The van der Waals surface area contributed by atoms with Crippen LogP contribution in [0.3, 0.4) is 0 Å². The zero-order valence-electron chi connectivity index (χ0n) is 14.4. The van der Waals surface area contributed by atoms with Gasteiger partial charge < -0.3 is 15.5 Å². The minimum Gasteiger partial charge on any atom is -0.371 e. The molecule has 0 unspecified atom stereocenters. The first-order chi connectivity index (χ1) is 12.8. The average molecular weight is 414 g/mol. The Kier molecular flexibility index (Phi) is 6.11. The van der Waals surface area contributed by atoms with Crippen LogP contribution in [-0.2, 0) is 12.6 Å². The number of rotatable bonds is 5. The second-order valence-electron chi connectivity index (χ2n) is 6.29. The Morgan fingerprint density at radius 1 is 1.19 bits per heavy atom. The Labute approximate surface area is 166 Å². The molecule has 0 saturated carbocycles. The molecule has 1 aliphatic heterocycles. The Morgan fingerprint density at radius 3 is 2.74 bits per heavy atom. The summed E-state index contributed by atoms with van der Waals surface area (Å²) in [5, 5.41) is 5.75. The highest BCUT2D eigenvalue weighted by molar-refractivity contribution is 7.80. The van der Waals surface area contributed by atoms with E-state index in [-0.39, 0.29) is 15.8 Å². The lowest BCUT2D eigenvalue weighted by Crippen LogP contribution is -2.32. The molecule has 0 fully saturated rings. The predicted octanol–water partition coefficient (Wildman–Crippen LogP) is 5.10. The number of anilines is 2. The van der Waals surface area contributed by atoms with Crippen molar-refractivity contribution in [3.8, 4) is 0 Å². The maximum atomic E-state index is 12.9. The summed E-state index contributed by atoms with van der Waals surface area (Å²) in [5.74, 6) is 0. The first-order valence-corrected chi connectivity index (χ1v) is 9.37. The molecular weight excluding hydrogens is 395 g/mol. The summed E-state index contributed by atoms with van der Waals surface area (Å²) >= 11 is 10.8. The normalized spacial score (nSPS) is 13.4. The van der Waals surface area contributed by atoms with E-state index in [2.05, 4.69) is 33.7 Å². The molecule has 1 heterocycles.